The molecule has 0 heterocycles. The molecule has 0 radical (unpaired) electrons. The number of nitrogens with one attached hydrogen (secondary N) is 3. The van der Waals surface area contributed by atoms with E-state index in [2.05, 4.69) is 36.7 Å². The summed E-state index contributed by atoms with van der Waals surface area (Å²) in [5, 5.41) is 8.64. The highest BCUT2D eigenvalue weighted by atomic mass is 16.6. The zero-order chi connectivity index (χ0) is 39.4. The summed E-state index contributed by atoms with van der Waals surface area (Å²) in [7, 11) is 0. The fourth-order valence-corrected chi connectivity index (χ4v) is 7.53. The molecule has 1 rings (SSSR count). The lowest BCUT2D eigenvalue weighted by Gasteiger charge is -2.18. The van der Waals surface area contributed by atoms with Gasteiger partial charge in [0.25, 0.3) is 0 Å². The summed E-state index contributed by atoms with van der Waals surface area (Å²) in [6.45, 7) is 10.3. The Bertz CT molecular complexity index is 905. The van der Waals surface area contributed by atoms with E-state index in [9.17, 15) is 14.4 Å². The van der Waals surface area contributed by atoms with Crippen LogP contribution in [0.2, 0.25) is 0 Å². The van der Waals surface area contributed by atoms with Crippen LogP contribution in [0.1, 0.15) is 227 Å². The molecule has 0 aromatic heterocycles. The predicted octanol–water partition coefficient (Wildman–Crippen LogP) is 13.1. The van der Waals surface area contributed by atoms with Gasteiger partial charge in [0.1, 0.15) is 6.61 Å². The van der Waals surface area contributed by atoms with Gasteiger partial charge in [-0.2, -0.15) is 0 Å². The van der Waals surface area contributed by atoms with E-state index in [0.717, 1.165) is 38.5 Å². The summed E-state index contributed by atoms with van der Waals surface area (Å²) >= 11 is 0. The molecule has 0 aliphatic heterocycles. The molecular formula is C45H87N3O6. The van der Waals surface area contributed by atoms with Gasteiger partial charge in [-0.15, -0.1) is 0 Å². The van der Waals surface area contributed by atoms with Crippen molar-refractivity contribution in [3.8, 4) is 0 Å². The van der Waals surface area contributed by atoms with Crippen molar-refractivity contribution < 1.29 is 28.6 Å². The Labute approximate surface area is 332 Å². The monoisotopic (exact) mass is 766 g/mol. The van der Waals surface area contributed by atoms with Crippen molar-refractivity contribution in [2.75, 3.05) is 26.2 Å². The third kappa shape index (κ3) is 25.8. The second kappa shape index (κ2) is 35.2. The summed E-state index contributed by atoms with van der Waals surface area (Å²) in [5.41, 5.74) is -1.02. The number of alkyl carbamates (subject to hydrolysis) is 3. The van der Waals surface area contributed by atoms with Crippen LogP contribution in [0.25, 0.3) is 0 Å². The molecule has 1 saturated carbocycles. The second-order valence-electron chi connectivity index (χ2n) is 16.1. The fourth-order valence-electron chi connectivity index (χ4n) is 7.53. The second-order valence-corrected chi connectivity index (χ2v) is 16.1. The molecule has 3 amide bonds. The smallest absolute Gasteiger partial charge is 0.407 e. The van der Waals surface area contributed by atoms with Crippen molar-refractivity contribution in [2.45, 2.75) is 238 Å². The average molecular weight is 766 g/mol. The average Bonchev–Trinajstić information content (AvgIpc) is 3.76. The van der Waals surface area contributed by atoms with E-state index in [4.69, 9.17) is 14.2 Å². The van der Waals surface area contributed by atoms with Crippen LogP contribution in [0.4, 0.5) is 14.4 Å². The van der Waals surface area contributed by atoms with Gasteiger partial charge in [0.05, 0.1) is 5.92 Å². The maximum atomic E-state index is 12.9. The highest BCUT2D eigenvalue weighted by molar-refractivity contribution is 5.70. The van der Waals surface area contributed by atoms with E-state index in [1.807, 2.05) is 6.92 Å². The molecular weight excluding hydrogens is 679 g/mol. The quantitative estimate of drug-likeness (QED) is 0.0426. The highest BCUT2D eigenvalue weighted by Gasteiger charge is 2.71. The van der Waals surface area contributed by atoms with E-state index in [1.165, 1.54) is 154 Å². The first-order valence-corrected chi connectivity index (χ1v) is 23.3. The Morgan fingerprint density at radius 3 is 1.09 bits per heavy atom. The van der Waals surface area contributed by atoms with Gasteiger partial charge >= 0.3 is 18.3 Å². The summed E-state index contributed by atoms with van der Waals surface area (Å²) in [6.07, 6.45) is 35.2. The van der Waals surface area contributed by atoms with Crippen LogP contribution in [0.15, 0.2) is 0 Å². The summed E-state index contributed by atoms with van der Waals surface area (Å²) in [6, 6.07) is 0. The van der Waals surface area contributed by atoms with Crippen LogP contribution in [-0.2, 0) is 14.2 Å². The molecule has 9 nitrogen and oxygen atoms in total. The Kier molecular flexibility index (Phi) is 32.5. The molecule has 0 aromatic carbocycles. The summed E-state index contributed by atoms with van der Waals surface area (Å²) < 4.78 is 17.4. The lowest BCUT2D eigenvalue weighted by Crippen LogP contribution is -2.35. The van der Waals surface area contributed by atoms with Gasteiger partial charge in [-0.05, 0) is 25.7 Å². The van der Waals surface area contributed by atoms with Gasteiger partial charge in [0.15, 0.2) is 11.7 Å². The molecule has 1 aliphatic rings. The largest absolute Gasteiger partial charge is 0.449 e. The van der Waals surface area contributed by atoms with E-state index in [-0.39, 0.29) is 6.61 Å². The Morgan fingerprint density at radius 1 is 0.426 bits per heavy atom. The van der Waals surface area contributed by atoms with Crippen molar-refractivity contribution in [3.63, 3.8) is 0 Å². The molecule has 1 fully saturated rings. The van der Waals surface area contributed by atoms with E-state index in [1.54, 1.807) is 0 Å². The first kappa shape index (κ1) is 49.8. The van der Waals surface area contributed by atoms with Gasteiger partial charge in [0, 0.05) is 19.6 Å². The Morgan fingerprint density at radius 2 is 0.741 bits per heavy atom. The van der Waals surface area contributed by atoms with Crippen molar-refractivity contribution in [3.05, 3.63) is 0 Å². The minimum atomic E-state index is -1.02. The number of carbonyl (C=O) groups is 3. The van der Waals surface area contributed by atoms with Crippen molar-refractivity contribution in [1.29, 1.82) is 0 Å². The Balaban J connectivity index is 2.45. The molecule has 9 heteroatoms. The molecule has 0 aromatic rings. The summed E-state index contributed by atoms with van der Waals surface area (Å²) in [5.74, 6) is -0.420. The number of ether oxygens (including phenoxy) is 3. The zero-order valence-corrected chi connectivity index (χ0v) is 35.9. The number of rotatable bonds is 38. The standard InChI is InChI=1S/C45H87N3O6/c1-5-9-12-15-18-21-24-27-30-33-36-46-42(49)52-39-40-41(53-43(50)47-37-34-31-28-25-22-19-16-13-10-6-2)45(40,8-4)54-44(51)48-38-35-32-29-26-23-20-17-14-11-7-3/h40-41H,5-39H2,1-4H3,(H,46,49)(H,47,50)(H,48,51). The van der Waals surface area contributed by atoms with Crippen molar-refractivity contribution in [2.24, 2.45) is 5.92 Å². The minimum Gasteiger partial charge on any atom is -0.449 e. The molecule has 3 N–H and O–H groups in total. The molecule has 1 aliphatic carbocycles. The predicted molar refractivity (Wildman–Crippen MR) is 224 cm³/mol. The van der Waals surface area contributed by atoms with Crippen LogP contribution in [-0.4, -0.2) is 56.2 Å². The topological polar surface area (TPSA) is 115 Å². The van der Waals surface area contributed by atoms with Gasteiger partial charge < -0.3 is 30.2 Å². The van der Waals surface area contributed by atoms with E-state index < -0.39 is 35.9 Å². The molecule has 3 atom stereocenters. The molecule has 0 bridgehead atoms. The summed E-state index contributed by atoms with van der Waals surface area (Å²) in [4.78, 5) is 38.3. The van der Waals surface area contributed by atoms with Gasteiger partial charge in [-0.3, -0.25) is 0 Å². The van der Waals surface area contributed by atoms with Crippen molar-refractivity contribution >= 4 is 18.3 Å². The normalized spacial score (nSPS) is 17.6. The first-order valence-electron chi connectivity index (χ1n) is 23.3. The maximum Gasteiger partial charge on any atom is 0.407 e. The van der Waals surface area contributed by atoms with Crippen LogP contribution >= 0.6 is 0 Å². The van der Waals surface area contributed by atoms with Crippen LogP contribution in [0.5, 0.6) is 0 Å². The van der Waals surface area contributed by atoms with Gasteiger partial charge in [0.2, 0.25) is 0 Å². The minimum absolute atomic E-state index is 0.0137. The number of carbonyl (C=O) groups excluding carboxylic acids is 3. The van der Waals surface area contributed by atoms with Crippen molar-refractivity contribution in [1.82, 2.24) is 16.0 Å². The third-order valence-electron chi connectivity index (χ3n) is 11.2. The molecule has 318 valence electrons. The maximum absolute atomic E-state index is 12.9. The number of amides is 3. The third-order valence-corrected chi connectivity index (χ3v) is 11.2. The SMILES string of the molecule is CCCCCCCCCCCCNC(=O)OCC1C(OC(=O)NCCCCCCCCCCCC)C1(CC)OC(=O)NCCCCCCCCCCCC. The Hall–Kier alpha value is -2.19. The molecule has 0 spiro atoms. The first-order chi connectivity index (χ1) is 26.4. The van der Waals surface area contributed by atoms with Crippen LogP contribution in [0.3, 0.4) is 0 Å². The lowest BCUT2D eigenvalue weighted by atomic mass is 10.1. The van der Waals surface area contributed by atoms with E-state index >= 15 is 0 Å². The number of hydrogen-bond acceptors (Lipinski definition) is 6. The number of hydrogen-bond donors (Lipinski definition) is 3. The zero-order valence-electron chi connectivity index (χ0n) is 35.9. The molecule has 54 heavy (non-hydrogen) atoms. The van der Waals surface area contributed by atoms with Crippen LogP contribution < -0.4 is 16.0 Å². The fraction of sp³-hybridized carbons (Fsp3) is 0.933. The molecule has 0 saturated heterocycles. The van der Waals surface area contributed by atoms with Gasteiger partial charge in [-0.25, -0.2) is 14.4 Å². The lowest BCUT2D eigenvalue weighted by molar-refractivity contribution is 0.0318. The van der Waals surface area contributed by atoms with Gasteiger partial charge in [-0.1, -0.05) is 201 Å². The van der Waals surface area contributed by atoms with Crippen LogP contribution in [0, 0.1) is 5.92 Å². The molecule has 3 unspecified atom stereocenters. The van der Waals surface area contributed by atoms with E-state index in [0.29, 0.717) is 26.1 Å². The number of unbranched alkanes of at least 4 members (excludes halogenated alkanes) is 27. The highest BCUT2D eigenvalue weighted by Crippen LogP contribution is 2.52.